The second-order valence-electron chi connectivity index (χ2n) is 7.97. The van der Waals surface area contributed by atoms with Gasteiger partial charge in [-0.15, -0.1) is 6.58 Å². The van der Waals surface area contributed by atoms with Gasteiger partial charge in [-0.3, -0.25) is 0 Å². The number of rotatable bonds is 8. The van der Waals surface area contributed by atoms with E-state index >= 15 is 0 Å². The molecule has 2 nitrogen and oxygen atoms in total. The van der Waals surface area contributed by atoms with E-state index in [1.165, 1.54) is 10.4 Å². The zero-order valence-electron chi connectivity index (χ0n) is 16.5. The van der Waals surface area contributed by atoms with Gasteiger partial charge in [0.15, 0.2) is 0 Å². The summed E-state index contributed by atoms with van der Waals surface area (Å²) in [5, 5.41) is 12.4. The van der Waals surface area contributed by atoms with E-state index in [0.717, 1.165) is 6.42 Å². The van der Waals surface area contributed by atoms with Crippen molar-refractivity contribution in [2.45, 2.75) is 57.8 Å². The minimum Gasteiger partial charge on any atom is -0.405 e. The number of benzene rings is 2. The van der Waals surface area contributed by atoms with Crippen LogP contribution in [-0.2, 0) is 4.43 Å². The van der Waals surface area contributed by atoms with E-state index < -0.39 is 14.4 Å². The number of aliphatic hydroxyl groups excluding tert-OH is 1. The van der Waals surface area contributed by atoms with E-state index in [2.05, 4.69) is 94.9 Å². The van der Waals surface area contributed by atoms with Gasteiger partial charge in [0.25, 0.3) is 8.32 Å². The molecule has 0 heterocycles. The van der Waals surface area contributed by atoms with Crippen molar-refractivity contribution in [2.75, 3.05) is 0 Å². The molecule has 0 aliphatic carbocycles. The second-order valence-corrected chi connectivity index (χ2v) is 12.2. The topological polar surface area (TPSA) is 29.5 Å². The van der Waals surface area contributed by atoms with Crippen LogP contribution in [0.4, 0.5) is 0 Å². The first-order valence-electron chi connectivity index (χ1n) is 9.40. The first-order valence-corrected chi connectivity index (χ1v) is 11.3. The molecule has 0 unspecified atom stereocenters. The largest absolute Gasteiger partial charge is 0.405 e. The Bertz CT molecular complexity index is 637. The van der Waals surface area contributed by atoms with Crippen molar-refractivity contribution >= 4 is 18.7 Å². The Kier molecular flexibility index (Phi) is 6.99. The fourth-order valence-corrected chi connectivity index (χ4v) is 8.31. The van der Waals surface area contributed by atoms with E-state index in [0.29, 0.717) is 6.42 Å². The molecule has 0 bridgehead atoms. The van der Waals surface area contributed by atoms with E-state index in [4.69, 9.17) is 4.43 Å². The van der Waals surface area contributed by atoms with E-state index in [1.807, 2.05) is 0 Å². The summed E-state index contributed by atoms with van der Waals surface area (Å²) in [7, 11) is -2.50. The van der Waals surface area contributed by atoms with Gasteiger partial charge in [-0.1, -0.05) is 87.5 Å². The van der Waals surface area contributed by atoms with Gasteiger partial charge < -0.3 is 9.53 Å². The molecule has 0 aliphatic rings. The molecule has 0 fully saturated rings. The van der Waals surface area contributed by atoms with Crippen molar-refractivity contribution in [1.29, 1.82) is 0 Å². The number of hydrogen-bond acceptors (Lipinski definition) is 2. The highest BCUT2D eigenvalue weighted by Crippen LogP contribution is 2.37. The Morgan fingerprint density at radius 3 is 1.81 bits per heavy atom. The summed E-state index contributed by atoms with van der Waals surface area (Å²) >= 11 is 0. The first-order chi connectivity index (χ1) is 12.3. The third-order valence-electron chi connectivity index (χ3n) is 4.94. The van der Waals surface area contributed by atoms with Crippen LogP contribution in [0.1, 0.15) is 40.5 Å². The van der Waals surface area contributed by atoms with Gasteiger partial charge in [-0.2, -0.15) is 0 Å². The maximum absolute atomic E-state index is 9.84. The van der Waals surface area contributed by atoms with Crippen LogP contribution >= 0.6 is 0 Å². The van der Waals surface area contributed by atoms with Crippen LogP contribution in [0, 0.1) is 0 Å². The monoisotopic (exact) mass is 368 g/mol. The minimum absolute atomic E-state index is 0.0268. The van der Waals surface area contributed by atoms with Gasteiger partial charge in [-0.25, -0.2) is 0 Å². The molecule has 2 aromatic rings. The second kappa shape index (κ2) is 8.80. The summed E-state index contributed by atoms with van der Waals surface area (Å²) in [5.41, 5.74) is 0. The zero-order chi connectivity index (χ0) is 19.2. The summed E-state index contributed by atoms with van der Waals surface area (Å²) < 4.78 is 6.96. The molecule has 0 saturated heterocycles. The van der Waals surface area contributed by atoms with Crippen LogP contribution in [-0.4, -0.2) is 25.6 Å². The molecule has 140 valence electrons. The maximum Gasteiger partial charge on any atom is 0.261 e. The van der Waals surface area contributed by atoms with Crippen molar-refractivity contribution in [2.24, 2.45) is 0 Å². The van der Waals surface area contributed by atoms with Crippen molar-refractivity contribution in [3.05, 3.63) is 73.3 Å². The Labute approximate surface area is 159 Å². The van der Waals surface area contributed by atoms with Crippen LogP contribution in [0.3, 0.4) is 0 Å². The van der Waals surface area contributed by atoms with Gasteiger partial charge in [0.05, 0.1) is 6.10 Å². The average Bonchev–Trinajstić information content (AvgIpc) is 2.64. The van der Waals surface area contributed by atoms with Gasteiger partial charge >= 0.3 is 0 Å². The molecule has 0 aliphatic heterocycles. The molecule has 2 rings (SSSR count). The minimum atomic E-state index is -2.50. The SMILES string of the molecule is C=C[C@@H](O)CC[C@@H](C)O[Si](c1ccccc1)(c1ccccc1)C(C)(C)C. The molecule has 0 spiro atoms. The molecule has 3 heteroatoms. The fourth-order valence-electron chi connectivity index (χ4n) is 3.58. The highest BCUT2D eigenvalue weighted by molar-refractivity contribution is 6.99. The van der Waals surface area contributed by atoms with Gasteiger partial charge in [-0.05, 0) is 35.2 Å². The van der Waals surface area contributed by atoms with Crippen molar-refractivity contribution in [3.8, 4) is 0 Å². The quantitative estimate of drug-likeness (QED) is 0.557. The Hall–Kier alpha value is -1.68. The van der Waals surface area contributed by atoms with Gasteiger partial charge in [0, 0.05) is 6.10 Å². The smallest absolute Gasteiger partial charge is 0.261 e. The molecule has 0 aromatic heterocycles. The van der Waals surface area contributed by atoms with E-state index in [-0.39, 0.29) is 11.1 Å². The standard InChI is InChI=1S/C23H32O2Si/c1-6-20(24)18-17-19(2)25-26(23(3,4)5,21-13-9-7-10-14-21)22-15-11-8-12-16-22/h6-16,19-20,24H,1,17-18H2,2-5H3/t19-,20-/m1/s1. The first kappa shape index (κ1) is 20.6. The van der Waals surface area contributed by atoms with Crippen LogP contribution in [0.15, 0.2) is 73.3 Å². The molecule has 0 saturated carbocycles. The van der Waals surface area contributed by atoms with Crippen LogP contribution in [0.25, 0.3) is 0 Å². The Morgan fingerprint density at radius 1 is 0.962 bits per heavy atom. The molecular weight excluding hydrogens is 336 g/mol. The highest BCUT2D eigenvalue weighted by Gasteiger charge is 2.50. The number of hydrogen-bond donors (Lipinski definition) is 1. The predicted molar refractivity (Wildman–Crippen MR) is 114 cm³/mol. The summed E-state index contributed by atoms with van der Waals surface area (Å²) in [5.74, 6) is 0. The third kappa shape index (κ3) is 4.53. The summed E-state index contributed by atoms with van der Waals surface area (Å²) in [4.78, 5) is 0. The van der Waals surface area contributed by atoms with Crippen molar-refractivity contribution in [3.63, 3.8) is 0 Å². The molecule has 26 heavy (non-hydrogen) atoms. The predicted octanol–water partition coefficient (Wildman–Crippen LogP) is 4.28. The Morgan fingerprint density at radius 2 is 1.42 bits per heavy atom. The molecule has 2 aromatic carbocycles. The normalized spacial score (nSPS) is 14.7. The lowest BCUT2D eigenvalue weighted by molar-refractivity contribution is 0.154. The lowest BCUT2D eigenvalue weighted by Crippen LogP contribution is -2.67. The van der Waals surface area contributed by atoms with Crippen LogP contribution < -0.4 is 10.4 Å². The molecule has 0 radical (unpaired) electrons. The zero-order valence-corrected chi connectivity index (χ0v) is 17.5. The number of aliphatic hydroxyl groups is 1. The summed E-state index contributed by atoms with van der Waals surface area (Å²) in [6, 6.07) is 21.3. The van der Waals surface area contributed by atoms with Gasteiger partial charge in [0.2, 0.25) is 0 Å². The molecule has 2 atom stereocenters. The van der Waals surface area contributed by atoms with Crippen LogP contribution in [0.5, 0.6) is 0 Å². The lowest BCUT2D eigenvalue weighted by Gasteiger charge is -2.44. The highest BCUT2D eigenvalue weighted by atomic mass is 28.4. The van der Waals surface area contributed by atoms with Crippen molar-refractivity contribution in [1.82, 2.24) is 0 Å². The Balaban J connectivity index is 2.48. The van der Waals surface area contributed by atoms with Gasteiger partial charge in [0.1, 0.15) is 0 Å². The molecule has 1 N–H and O–H groups in total. The molecular formula is C23H32O2Si. The van der Waals surface area contributed by atoms with Crippen LogP contribution in [0.2, 0.25) is 5.04 Å². The van der Waals surface area contributed by atoms with E-state index in [9.17, 15) is 5.11 Å². The summed E-state index contributed by atoms with van der Waals surface area (Å²) in [6.07, 6.45) is 2.65. The lowest BCUT2D eigenvalue weighted by atomic mass is 10.1. The fraction of sp³-hybridized carbons (Fsp3) is 0.391. The average molecular weight is 369 g/mol. The third-order valence-corrected chi connectivity index (χ3v) is 10.1. The maximum atomic E-state index is 9.84. The molecule has 0 amide bonds. The van der Waals surface area contributed by atoms with Crippen molar-refractivity contribution < 1.29 is 9.53 Å². The summed E-state index contributed by atoms with van der Waals surface area (Å²) in [6.45, 7) is 12.6. The van der Waals surface area contributed by atoms with E-state index in [1.54, 1.807) is 6.08 Å².